The summed E-state index contributed by atoms with van der Waals surface area (Å²) in [5, 5.41) is 6.38. The van der Waals surface area contributed by atoms with Crippen molar-refractivity contribution in [2.24, 2.45) is 22.9 Å². The van der Waals surface area contributed by atoms with Crippen molar-refractivity contribution in [2.75, 3.05) is 46.6 Å². The molecule has 0 saturated carbocycles. The van der Waals surface area contributed by atoms with E-state index in [0.29, 0.717) is 66.0 Å². The van der Waals surface area contributed by atoms with Gasteiger partial charge in [0, 0.05) is 72.3 Å². The van der Waals surface area contributed by atoms with Crippen LogP contribution in [-0.4, -0.2) is 77.0 Å². The maximum Gasteiger partial charge on any atom is 0.233 e. The van der Waals surface area contributed by atoms with Gasteiger partial charge in [0.25, 0.3) is 0 Å². The molecule has 222 valence electrons. The number of ketones is 1. The minimum atomic E-state index is -0.427. The van der Waals surface area contributed by atoms with E-state index < -0.39 is 5.91 Å². The van der Waals surface area contributed by atoms with Crippen molar-refractivity contribution >= 4 is 52.5 Å². The molecule has 3 heterocycles. The van der Waals surface area contributed by atoms with Crippen LogP contribution in [0.1, 0.15) is 29.6 Å². The predicted octanol–water partition coefficient (Wildman–Crippen LogP) is 1.21. The Kier molecular flexibility index (Phi) is 9.14. The van der Waals surface area contributed by atoms with E-state index in [-0.39, 0.29) is 36.4 Å². The third-order valence-electron chi connectivity index (χ3n) is 7.10. The third kappa shape index (κ3) is 7.69. The standard InChI is InChI=1S/C28H36ClN11O2/c29-17-2-1-3-23(8-17)34-25(42)11-24(41)16-4-6-22(7-5-16)35-26-36-27(39-12-18(30)9-19(31)13-39)38-28(37-26)40-14-20(32)10-21(33)15-40/h1-8,18-21H,9-15,30-33H2,(H,34,42)(H,35,36,37,38)/t18-,19+,20-,21+. The number of nitrogens with one attached hydrogen (secondary N) is 2. The average Bonchev–Trinajstić information content (AvgIpc) is 2.92. The summed E-state index contributed by atoms with van der Waals surface area (Å²) in [4.78, 5) is 43.1. The number of carbonyl (C=O) groups is 2. The number of nitrogens with two attached hydrogens (primary N) is 4. The highest BCUT2D eigenvalue weighted by Gasteiger charge is 2.29. The lowest BCUT2D eigenvalue weighted by Crippen LogP contribution is -2.54. The number of benzene rings is 2. The van der Waals surface area contributed by atoms with E-state index in [1.165, 1.54) is 0 Å². The molecular weight excluding hydrogens is 558 g/mol. The van der Waals surface area contributed by atoms with Gasteiger partial charge in [-0.25, -0.2) is 0 Å². The molecule has 0 radical (unpaired) electrons. The van der Waals surface area contributed by atoms with Gasteiger partial charge >= 0.3 is 0 Å². The molecule has 4 atom stereocenters. The van der Waals surface area contributed by atoms with Crippen molar-refractivity contribution in [1.82, 2.24) is 15.0 Å². The van der Waals surface area contributed by atoms with Gasteiger partial charge in [-0.3, -0.25) is 9.59 Å². The highest BCUT2D eigenvalue weighted by molar-refractivity contribution is 6.31. The van der Waals surface area contributed by atoms with Gasteiger partial charge in [0.2, 0.25) is 23.8 Å². The summed E-state index contributed by atoms with van der Waals surface area (Å²) < 4.78 is 0. The molecule has 2 aliphatic heterocycles. The zero-order valence-corrected chi connectivity index (χ0v) is 23.9. The van der Waals surface area contributed by atoms with Crippen LogP contribution in [0.25, 0.3) is 0 Å². The molecule has 0 bridgehead atoms. The number of hydrogen-bond donors (Lipinski definition) is 6. The summed E-state index contributed by atoms with van der Waals surface area (Å²) in [7, 11) is 0. The van der Waals surface area contributed by atoms with Crippen LogP contribution in [-0.2, 0) is 4.79 Å². The summed E-state index contributed by atoms with van der Waals surface area (Å²) in [5.41, 5.74) is 26.5. The highest BCUT2D eigenvalue weighted by Crippen LogP contribution is 2.24. The number of amides is 1. The first-order chi connectivity index (χ1) is 20.1. The van der Waals surface area contributed by atoms with Gasteiger partial charge in [0.05, 0.1) is 6.42 Å². The van der Waals surface area contributed by atoms with Crippen LogP contribution in [0.4, 0.5) is 29.2 Å². The van der Waals surface area contributed by atoms with E-state index in [1.807, 2.05) is 9.80 Å². The van der Waals surface area contributed by atoms with Crippen molar-refractivity contribution in [1.29, 1.82) is 0 Å². The molecule has 1 aromatic heterocycles. The normalized spacial score (nSPS) is 22.5. The van der Waals surface area contributed by atoms with Crippen LogP contribution < -0.4 is 43.4 Å². The van der Waals surface area contributed by atoms with E-state index in [0.717, 1.165) is 12.8 Å². The number of aromatic nitrogens is 3. The molecule has 0 spiro atoms. The van der Waals surface area contributed by atoms with Gasteiger partial charge in [-0.1, -0.05) is 17.7 Å². The molecule has 5 rings (SSSR count). The Morgan fingerprint density at radius 1 is 0.786 bits per heavy atom. The number of rotatable bonds is 8. The Morgan fingerprint density at radius 2 is 1.33 bits per heavy atom. The second-order valence-corrected chi connectivity index (χ2v) is 11.4. The van der Waals surface area contributed by atoms with Crippen molar-refractivity contribution in [2.45, 2.75) is 43.4 Å². The molecule has 13 nitrogen and oxygen atoms in total. The molecule has 1 amide bonds. The summed E-state index contributed by atoms with van der Waals surface area (Å²) in [5.74, 6) is 0.484. The quantitative estimate of drug-likeness (QED) is 0.161. The Labute approximate surface area is 249 Å². The highest BCUT2D eigenvalue weighted by atomic mass is 35.5. The molecule has 0 aliphatic carbocycles. The first-order valence-electron chi connectivity index (χ1n) is 13.9. The fourth-order valence-corrected chi connectivity index (χ4v) is 5.45. The van der Waals surface area contributed by atoms with Crippen LogP contribution in [0.15, 0.2) is 48.5 Å². The summed E-state index contributed by atoms with van der Waals surface area (Å²) in [6.07, 6.45) is 1.14. The minimum absolute atomic E-state index is 0.0973. The largest absolute Gasteiger partial charge is 0.338 e. The fourth-order valence-electron chi connectivity index (χ4n) is 5.26. The van der Waals surface area contributed by atoms with Crippen LogP contribution in [0.2, 0.25) is 5.02 Å². The molecular formula is C28H36ClN11O2. The first-order valence-corrected chi connectivity index (χ1v) is 14.2. The summed E-state index contributed by atoms with van der Waals surface area (Å²) in [6.45, 7) is 2.27. The lowest BCUT2D eigenvalue weighted by Gasteiger charge is -2.37. The van der Waals surface area contributed by atoms with Crippen molar-refractivity contribution in [3.05, 3.63) is 59.1 Å². The second-order valence-electron chi connectivity index (χ2n) is 10.9. The molecule has 10 N–H and O–H groups in total. The summed E-state index contributed by atoms with van der Waals surface area (Å²) >= 11 is 5.96. The number of anilines is 5. The van der Waals surface area contributed by atoms with Gasteiger partial charge in [-0.05, 0) is 55.3 Å². The average molecular weight is 594 g/mol. The Balaban J connectivity index is 1.31. The Morgan fingerprint density at radius 3 is 1.86 bits per heavy atom. The SMILES string of the molecule is N[C@@H]1C[C@H](N)CN(c2nc(Nc3ccc(C(=O)CC(=O)Nc4cccc(Cl)c4)cc3)nc(N3C[C@H](N)C[C@H](N)C3)n2)C1. The van der Waals surface area contributed by atoms with Crippen LogP contribution in [0, 0.1) is 0 Å². The van der Waals surface area contributed by atoms with Gasteiger partial charge in [-0.2, -0.15) is 15.0 Å². The van der Waals surface area contributed by atoms with E-state index in [2.05, 4.69) is 20.6 Å². The Bertz CT molecular complexity index is 1360. The lowest BCUT2D eigenvalue weighted by atomic mass is 10.0. The van der Waals surface area contributed by atoms with Crippen molar-refractivity contribution in [3.8, 4) is 0 Å². The number of nitrogens with zero attached hydrogens (tertiary/aromatic N) is 5. The van der Waals surface area contributed by atoms with Crippen molar-refractivity contribution in [3.63, 3.8) is 0 Å². The zero-order valence-electron chi connectivity index (χ0n) is 23.1. The van der Waals surface area contributed by atoms with E-state index in [4.69, 9.17) is 39.5 Å². The van der Waals surface area contributed by atoms with Gasteiger partial charge in [-0.15, -0.1) is 0 Å². The van der Waals surface area contributed by atoms with E-state index >= 15 is 0 Å². The maximum atomic E-state index is 12.7. The van der Waals surface area contributed by atoms with E-state index in [1.54, 1.807) is 48.5 Å². The number of carbonyl (C=O) groups excluding carboxylic acids is 2. The summed E-state index contributed by atoms with van der Waals surface area (Å²) in [6, 6.07) is 13.1. The molecule has 3 aromatic rings. The molecule has 0 unspecified atom stereocenters. The first kappa shape index (κ1) is 29.6. The second kappa shape index (κ2) is 13.0. The van der Waals surface area contributed by atoms with Crippen molar-refractivity contribution < 1.29 is 9.59 Å². The monoisotopic (exact) mass is 593 g/mol. The molecule has 14 heteroatoms. The molecule has 2 aliphatic rings. The van der Waals surface area contributed by atoms with Crippen LogP contribution in [0.3, 0.4) is 0 Å². The zero-order chi connectivity index (χ0) is 29.8. The molecule has 2 fully saturated rings. The third-order valence-corrected chi connectivity index (χ3v) is 7.34. The van der Waals surface area contributed by atoms with Gasteiger partial charge in [0.15, 0.2) is 5.78 Å². The minimum Gasteiger partial charge on any atom is -0.338 e. The molecule has 2 saturated heterocycles. The topological polar surface area (TPSA) is 207 Å². The lowest BCUT2D eigenvalue weighted by molar-refractivity contribution is -0.115. The predicted molar refractivity (Wildman–Crippen MR) is 164 cm³/mol. The number of halogens is 1. The smallest absolute Gasteiger partial charge is 0.233 e. The number of hydrogen-bond acceptors (Lipinski definition) is 12. The van der Waals surface area contributed by atoms with Gasteiger partial charge in [0.1, 0.15) is 0 Å². The molecule has 42 heavy (non-hydrogen) atoms. The van der Waals surface area contributed by atoms with E-state index in [9.17, 15) is 9.59 Å². The van der Waals surface area contributed by atoms with Crippen LogP contribution in [0.5, 0.6) is 0 Å². The Hall–Kier alpha value is -3.88. The number of piperidine rings is 2. The van der Waals surface area contributed by atoms with Crippen LogP contribution >= 0.6 is 11.6 Å². The maximum absolute atomic E-state index is 12.7. The van der Waals surface area contributed by atoms with Gasteiger partial charge < -0.3 is 43.4 Å². The fraction of sp³-hybridized carbons (Fsp3) is 0.393. The molecule has 2 aromatic carbocycles. The number of Topliss-reactive ketones (excluding diaryl/α,β-unsaturated/α-hetero) is 1.